The number of carbonyl (C=O) groups is 2. The lowest BCUT2D eigenvalue weighted by Crippen LogP contribution is -2.31. The summed E-state index contributed by atoms with van der Waals surface area (Å²) in [6.07, 6.45) is 0.831. The SMILES string of the molecule is CCCOc1ccccc1N1C(=O)C(Sc2ccccc2)=C(c2ccc(C)c(C)c2)C1=O. The van der Waals surface area contributed by atoms with Crippen molar-refractivity contribution >= 4 is 34.8 Å². The second kappa shape index (κ2) is 9.45. The van der Waals surface area contributed by atoms with E-state index in [2.05, 4.69) is 0 Å². The number of ether oxygens (including phenoxy) is 1. The Hall–Kier alpha value is -3.31. The van der Waals surface area contributed by atoms with Crippen molar-refractivity contribution in [2.45, 2.75) is 32.1 Å². The van der Waals surface area contributed by atoms with E-state index in [9.17, 15) is 9.59 Å². The largest absolute Gasteiger partial charge is 0.491 e. The average molecular weight is 444 g/mol. The van der Waals surface area contributed by atoms with Gasteiger partial charge in [-0.15, -0.1) is 0 Å². The summed E-state index contributed by atoms with van der Waals surface area (Å²) >= 11 is 1.32. The molecule has 5 heteroatoms. The van der Waals surface area contributed by atoms with Gasteiger partial charge < -0.3 is 4.74 Å². The first-order chi connectivity index (χ1) is 15.5. The van der Waals surface area contributed by atoms with Crippen molar-refractivity contribution in [1.82, 2.24) is 0 Å². The van der Waals surface area contributed by atoms with Crippen LogP contribution in [0.25, 0.3) is 5.57 Å². The lowest BCUT2D eigenvalue weighted by Gasteiger charge is -2.19. The topological polar surface area (TPSA) is 46.6 Å². The molecule has 0 atom stereocenters. The predicted octanol–water partition coefficient (Wildman–Crippen LogP) is 6.17. The molecule has 0 aliphatic carbocycles. The Morgan fingerprint density at radius 2 is 1.56 bits per heavy atom. The third-order valence-electron chi connectivity index (χ3n) is 5.37. The second-order valence-electron chi connectivity index (χ2n) is 7.68. The Labute approximate surface area is 192 Å². The zero-order chi connectivity index (χ0) is 22.7. The molecule has 4 rings (SSSR count). The van der Waals surface area contributed by atoms with E-state index in [1.807, 2.05) is 81.4 Å². The van der Waals surface area contributed by atoms with Gasteiger partial charge in [0.25, 0.3) is 11.8 Å². The molecule has 0 saturated heterocycles. The molecular formula is C27H25NO3S. The van der Waals surface area contributed by atoms with Crippen molar-refractivity contribution in [2.24, 2.45) is 0 Å². The molecule has 4 nitrogen and oxygen atoms in total. The maximum absolute atomic E-state index is 13.7. The molecule has 0 saturated carbocycles. The molecule has 0 bridgehead atoms. The highest BCUT2D eigenvalue weighted by molar-refractivity contribution is 8.04. The number of carbonyl (C=O) groups excluding carboxylic acids is 2. The fraction of sp³-hybridized carbons (Fsp3) is 0.185. The molecule has 0 aromatic heterocycles. The molecule has 1 aliphatic heterocycles. The molecule has 1 aliphatic rings. The first-order valence-electron chi connectivity index (χ1n) is 10.7. The number of imide groups is 1. The molecule has 0 N–H and O–H groups in total. The van der Waals surface area contributed by atoms with Crippen LogP contribution < -0.4 is 9.64 Å². The molecule has 2 amide bonds. The minimum Gasteiger partial charge on any atom is -0.491 e. The Balaban J connectivity index is 1.83. The van der Waals surface area contributed by atoms with E-state index in [4.69, 9.17) is 4.74 Å². The number of benzene rings is 3. The Bertz CT molecular complexity index is 1200. The molecular weight excluding hydrogens is 418 g/mol. The Morgan fingerprint density at radius 3 is 2.28 bits per heavy atom. The van der Waals surface area contributed by atoms with Crippen molar-refractivity contribution in [3.63, 3.8) is 0 Å². The molecule has 3 aromatic carbocycles. The van der Waals surface area contributed by atoms with Crippen LogP contribution in [-0.2, 0) is 9.59 Å². The van der Waals surface area contributed by atoms with Crippen LogP contribution in [-0.4, -0.2) is 18.4 Å². The number of nitrogens with zero attached hydrogens (tertiary/aromatic N) is 1. The molecule has 1 heterocycles. The number of amides is 2. The third-order valence-corrected chi connectivity index (χ3v) is 6.46. The van der Waals surface area contributed by atoms with Gasteiger partial charge >= 0.3 is 0 Å². The third kappa shape index (κ3) is 4.21. The van der Waals surface area contributed by atoms with Crippen LogP contribution in [0.3, 0.4) is 0 Å². The zero-order valence-electron chi connectivity index (χ0n) is 18.4. The van der Waals surface area contributed by atoms with Gasteiger partial charge in [-0.3, -0.25) is 9.59 Å². The van der Waals surface area contributed by atoms with E-state index < -0.39 is 0 Å². The Morgan fingerprint density at radius 1 is 0.844 bits per heavy atom. The highest BCUT2D eigenvalue weighted by atomic mass is 32.2. The molecule has 3 aromatic rings. The van der Waals surface area contributed by atoms with Crippen molar-refractivity contribution in [2.75, 3.05) is 11.5 Å². The number of para-hydroxylation sites is 2. The van der Waals surface area contributed by atoms with Crippen LogP contribution in [0.4, 0.5) is 5.69 Å². The first-order valence-corrected chi connectivity index (χ1v) is 11.5. The summed E-state index contributed by atoms with van der Waals surface area (Å²) in [5.41, 5.74) is 3.86. The second-order valence-corrected chi connectivity index (χ2v) is 8.76. The van der Waals surface area contributed by atoms with Crippen LogP contribution in [0.15, 0.2) is 82.6 Å². The van der Waals surface area contributed by atoms with Gasteiger partial charge in [0.15, 0.2) is 0 Å². The maximum Gasteiger partial charge on any atom is 0.273 e. The molecule has 0 spiro atoms. The van der Waals surface area contributed by atoms with Crippen molar-refractivity contribution in [3.05, 3.63) is 94.4 Å². The number of aryl methyl sites for hydroxylation is 2. The van der Waals surface area contributed by atoms with E-state index >= 15 is 0 Å². The number of rotatable bonds is 7. The van der Waals surface area contributed by atoms with Crippen molar-refractivity contribution in [3.8, 4) is 5.75 Å². The van der Waals surface area contributed by atoms with E-state index in [1.165, 1.54) is 16.7 Å². The van der Waals surface area contributed by atoms with Gasteiger partial charge in [-0.25, -0.2) is 4.90 Å². The lowest BCUT2D eigenvalue weighted by atomic mass is 10.0. The number of thioether (sulfide) groups is 1. The fourth-order valence-corrected chi connectivity index (χ4v) is 4.57. The van der Waals surface area contributed by atoms with E-state index in [1.54, 1.807) is 12.1 Å². The number of hydrogen-bond acceptors (Lipinski definition) is 4. The molecule has 0 fully saturated rings. The van der Waals surface area contributed by atoms with Crippen LogP contribution in [0, 0.1) is 13.8 Å². The summed E-state index contributed by atoms with van der Waals surface area (Å²) in [5, 5.41) is 0. The van der Waals surface area contributed by atoms with Crippen LogP contribution in [0.1, 0.15) is 30.0 Å². The van der Waals surface area contributed by atoms with Gasteiger partial charge in [0.1, 0.15) is 5.75 Å². The van der Waals surface area contributed by atoms with Crippen LogP contribution in [0.5, 0.6) is 5.75 Å². The van der Waals surface area contributed by atoms with Crippen molar-refractivity contribution in [1.29, 1.82) is 0 Å². The first kappa shape index (κ1) is 21.9. The molecule has 162 valence electrons. The van der Waals surface area contributed by atoms with E-state index in [0.717, 1.165) is 28.0 Å². The van der Waals surface area contributed by atoms with Crippen LogP contribution >= 0.6 is 11.8 Å². The molecule has 0 unspecified atom stereocenters. The van der Waals surface area contributed by atoms with Gasteiger partial charge in [-0.1, -0.05) is 67.2 Å². The minimum atomic E-state index is -0.329. The fourth-order valence-electron chi connectivity index (χ4n) is 3.56. The monoisotopic (exact) mass is 443 g/mol. The summed E-state index contributed by atoms with van der Waals surface area (Å²) in [4.78, 5) is 30.0. The van der Waals surface area contributed by atoms with E-state index in [0.29, 0.717) is 28.5 Å². The standard InChI is InChI=1S/C27H25NO3S/c1-4-16-31-23-13-9-8-12-22(23)28-26(29)24(20-15-14-18(2)19(3)17-20)25(27(28)30)32-21-10-6-5-7-11-21/h5-15,17H,4,16H2,1-3H3. The van der Waals surface area contributed by atoms with E-state index in [-0.39, 0.29) is 11.8 Å². The summed E-state index contributed by atoms with van der Waals surface area (Å²) < 4.78 is 5.85. The maximum atomic E-state index is 13.7. The zero-order valence-corrected chi connectivity index (χ0v) is 19.2. The highest BCUT2D eigenvalue weighted by Crippen LogP contribution is 2.43. The summed E-state index contributed by atoms with van der Waals surface area (Å²) in [5.74, 6) is -0.129. The predicted molar refractivity (Wildman–Crippen MR) is 130 cm³/mol. The molecule has 0 radical (unpaired) electrons. The van der Waals surface area contributed by atoms with Gasteiger partial charge in [0, 0.05) is 4.90 Å². The summed E-state index contributed by atoms with van der Waals surface area (Å²) in [6.45, 7) is 6.57. The smallest absolute Gasteiger partial charge is 0.273 e. The van der Waals surface area contributed by atoms with Gasteiger partial charge in [-0.05, 0) is 61.2 Å². The number of hydrogen-bond donors (Lipinski definition) is 0. The highest BCUT2D eigenvalue weighted by Gasteiger charge is 2.41. The normalized spacial score (nSPS) is 13.8. The van der Waals surface area contributed by atoms with Crippen molar-refractivity contribution < 1.29 is 14.3 Å². The lowest BCUT2D eigenvalue weighted by molar-refractivity contribution is -0.119. The van der Waals surface area contributed by atoms with Gasteiger partial charge in [0.05, 0.1) is 22.8 Å². The minimum absolute atomic E-state index is 0.329. The summed E-state index contributed by atoms with van der Waals surface area (Å²) in [7, 11) is 0. The average Bonchev–Trinajstić information content (AvgIpc) is 3.04. The van der Waals surface area contributed by atoms with Gasteiger partial charge in [-0.2, -0.15) is 0 Å². The van der Waals surface area contributed by atoms with Crippen LogP contribution in [0.2, 0.25) is 0 Å². The quantitative estimate of drug-likeness (QED) is 0.410. The van der Waals surface area contributed by atoms with Gasteiger partial charge in [0.2, 0.25) is 0 Å². The number of anilines is 1. The Kier molecular flexibility index (Phi) is 6.47. The summed E-state index contributed by atoms with van der Waals surface area (Å²) in [6, 6.07) is 22.7. The molecule has 32 heavy (non-hydrogen) atoms.